The standard InChI is InChI=1S/C19H32N6O/c1-13-17(14(2)24(4)23-13)11-21-19(20-3)22-16-9-10-25(12-16)18(26)15-7-5-6-8-15/h15-16H,5-12H2,1-4H3,(H2,20,21,22). The Hall–Kier alpha value is -2.05. The van der Waals surface area contributed by atoms with Crippen molar-refractivity contribution >= 4 is 11.9 Å². The van der Waals surface area contributed by atoms with Gasteiger partial charge in [-0.2, -0.15) is 5.10 Å². The summed E-state index contributed by atoms with van der Waals surface area (Å²) >= 11 is 0. The van der Waals surface area contributed by atoms with Crippen molar-refractivity contribution in [2.45, 2.75) is 58.5 Å². The van der Waals surface area contributed by atoms with Gasteiger partial charge in [0.25, 0.3) is 0 Å². The lowest BCUT2D eigenvalue weighted by Gasteiger charge is -2.21. The van der Waals surface area contributed by atoms with E-state index in [1.165, 1.54) is 24.1 Å². The number of hydrogen-bond donors (Lipinski definition) is 2. The van der Waals surface area contributed by atoms with Gasteiger partial charge in [-0.1, -0.05) is 12.8 Å². The quantitative estimate of drug-likeness (QED) is 0.630. The van der Waals surface area contributed by atoms with E-state index in [-0.39, 0.29) is 12.0 Å². The van der Waals surface area contributed by atoms with Crippen LogP contribution in [0.25, 0.3) is 0 Å². The number of carbonyl (C=O) groups excluding carboxylic acids is 1. The van der Waals surface area contributed by atoms with Gasteiger partial charge in [-0.05, 0) is 33.1 Å². The Balaban J connectivity index is 1.50. The van der Waals surface area contributed by atoms with Crippen LogP contribution >= 0.6 is 0 Å². The molecule has 2 N–H and O–H groups in total. The predicted molar refractivity (Wildman–Crippen MR) is 103 cm³/mol. The van der Waals surface area contributed by atoms with Crippen LogP contribution in [0, 0.1) is 19.8 Å². The highest BCUT2D eigenvalue weighted by Gasteiger charge is 2.32. The first-order valence-corrected chi connectivity index (χ1v) is 9.74. The predicted octanol–water partition coefficient (Wildman–Crippen LogP) is 1.49. The molecule has 3 rings (SSSR count). The minimum absolute atomic E-state index is 0.266. The van der Waals surface area contributed by atoms with E-state index in [0.29, 0.717) is 12.5 Å². The molecule has 0 radical (unpaired) electrons. The average molecular weight is 361 g/mol. The number of aromatic nitrogens is 2. The summed E-state index contributed by atoms with van der Waals surface area (Å²) in [5.74, 6) is 1.41. The monoisotopic (exact) mass is 360 g/mol. The first-order chi connectivity index (χ1) is 12.5. The minimum Gasteiger partial charge on any atom is -0.352 e. The molecule has 1 amide bonds. The van der Waals surface area contributed by atoms with Crippen LogP contribution in [0.1, 0.15) is 49.1 Å². The molecule has 2 heterocycles. The third-order valence-electron chi connectivity index (χ3n) is 5.86. The van der Waals surface area contributed by atoms with Gasteiger partial charge in [0.2, 0.25) is 5.91 Å². The summed E-state index contributed by atoms with van der Waals surface area (Å²) < 4.78 is 1.91. The average Bonchev–Trinajstić information content (AvgIpc) is 3.35. The SMILES string of the molecule is CN=C(NCc1c(C)nn(C)c1C)NC1CCN(C(=O)C2CCCC2)C1. The zero-order valence-electron chi connectivity index (χ0n) is 16.5. The van der Waals surface area contributed by atoms with Gasteiger partial charge in [0.05, 0.1) is 5.69 Å². The Morgan fingerprint density at radius 3 is 2.62 bits per heavy atom. The second-order valence-corrected chi connectivity index (χ2v) is 7.59. The topological polar surface area (TPSA) is 74.6 Å². The molecule has 0 aromatic carbocycles. The summed E-state index contributed by atoms with van der Waals surface area (Å²) in [6.07, 6.45) is 5.52. The lowest BCUT2D eigenvalue weighted by molar-refractivity contribution is -0.134. The molecule has 1 atom stereocenters. The first kappa shape index (κ1) is 18.7. The molecular weight excluding hydrogens is 328 g/mol. The minimum atomic E-state index is 0.266. The Morgan fingerprint density at radius 1 is 1.27 bits per heavy atom. The molecule has 7 nitrogen and oxygen atoms in total. The van der Waals surface area contributed by atoms with Crippen molar-refractivity contribution in [2.24, 2.45) is 18.0 Å². The molecule has 2 aliphatic rings. The van der Waals surface area contributed by atoms with Crippen molar-refractivity contribution in [3.63, 3.8) is 0 Å². The van der Waals surface area contributed by atoms with Gasteiger partial charge in [0, 0.05) is 56.9 Å². The van der Waals surface area contributed by atoms with Crippen molar-refractivity contribution in [3.05, 3.63) is 17.0 Å². The number of aryl methyl sites for hydroxylation is 2. The van der Waals surface area contributed by atoms with Gasteiger partial charge in [0.1, 0.15) is 0 Å². The van der Waals surface area contributed by atoms with Crippen LogP contribution in [-0.2, 0) is 18.4 Å². The van der Waals surface area contributed by atoms with Crippen LogP contribution in [0.5, 0.6) is 0 Å². The molecule has 144 valence electrons. The van der Waals surface area contributed by atoms with E-state index in [2.05, 4.69) is 27.6 Å². The zero-order valence-corrected chi connectivity index (χ0v) is 16.5. The van der Waals surface area contributed by atoms with E-state index in [9.17, 15) is 4.79 Å². The van der Waals surface area contributed by atoms with Gasteiger partial charge in [0.15, 0.2) is 5.96 Å². The summed E-state index contributed by atoms with van der Waals surface area (Å²) in [5.41, 5.74) is 3.42. The Morgan fingerprint density at radius 2 is 2.00 bits per heavy atom. The molecule has 1 saturated carbocycles. The van der Waals surface area contributed by atoms with E-state index in [0.717, 1.165) is 44.0 Å². The summed E-state index contributed by atoms with van der Waals surface area (Å²) in [4.78, 5) is 19.0. The van der Waals surface area contributed by atoms with Gasteiger partial charge in [-0.25, -0.2) is 0 Å². The van der Waals surface area contributed by atoms with Crippen LogP contribution in [0.15, 0.2) is 4.99 Å². The highest BCUT2D eigenvalue weighted by molar-refractivity contribution is 5.81. The first-order valence-electron chi connectivity index (χ1n) is 9.74. The van der Waals surface area contributed by atoms with Crippen LogP contribution in [0.4, 0.5) is 0 Å². The molecule has 0 spiro atoms. The summed E-state index contributed by atoms with van der Waals surface area (Å²) in [6.45, 7) is 6.44. The zero-order chi connectivity index (χ0) is 18.7. The van der Waals surface area contributed by atoms with E-state index in [1.807, 2.05) is 23.6 Å². The van der Waals surface area contributed by atoms with Crippen LogP contribution < -0.4 is 10.6 Å². The molecule has 1 aliphatic heterocycles. The second-order valence-electron chi connectivity index (χ2n) is 7.59. The molecule has 1 aliphatic carbocycles. The van der Waals surface area contributed by atoms with Gasteiger partial charge >= 0.3 is 0 Å². The number of amides is 1. The van der Waals surface area contributed by atoms with Crippen LogP contribution in [0.3, 0.4) is 0 Å². The number of rotatable bonds is 4. The normalized spacial score (nSPS) is 21.5. The maximum Gasteiger partial charge on any atom is 0.225 e. The Kier molecular flexibility index (Phi) is 5.84. The van der Waals surface area contributed by atoms with Crippen molar-refractivity contribution in [1.82, 2.24) is 25.3 Å². The Labute approximate surface area is 156 Å². The van der Waals surface area contributed by atoms with E-state index >= 15 is 0 Å². The lowest BCUT2D eigenvalue weighted by atomic mass is 10.1. The summed E-state index contributed by atoms with van der Waals surface area (Å²) in [6, 6.07) is 0.266. The highest BCUT2D eigenvalue weighted by atomic mass is 16.2. The second kappa shape index (κ2) is 8.10. The largest absolute Gasteiger partial charge is 0.352 e. The molecule has 0 bridgehead atoms. The number of likely N-dealkylation sites (tertiary alicyclic amines) is 1. The molecule has 7 heteroatoms. The number of carbonyl (C=O) groups is 1. The van der Waals surface area contributed by atoms with Crippen LogP contribution in [0.2, 0.25) is 0 Å². The molecular formula is C19H32N6O. The highest BCUT2D eigenvalue weighted by Crippen LogP contribution is 2.27. The van der Waals surface area contributed by atoms with Gasteiger partial charge in [-0.15, -0.1) is 0 Å². The number of nitrogens with zero attached hydrogens (tertiary/aromatic N) is 4. The van der Waals surface area contributed by atoms with Gasteiger partial charge in [-0.3, -0.25) is 14.5 Å². The van der Waals surface area contributed by atoms with Crippen molar-refractivity contribution in [3.8, 4) is 0 Å². The van der Waals surface area contributed by atoms with E-state index in [1.54, 1.807) is 7.05 Å². The summed E-state index contributed by atoms with van der Waals surface area (Å²) in [7, 11) is 3.75. The fourth-order valence-corrected chi connectivity index (χ4v) is 4.14. The number of hydrogen-bond acceptors (Lipinski definition) is 3. The summed E-state index contributed by atoms with van der Waals surface area (Å²) in [5, 5.41) is 11.3. The molecule has 1 unspecified atom stereocenters. The van der Waals surface area contributed by atoms with Crippen molar-refractivity contribution < 1.29 is 4.79 Å². The fraction of sp³-hybridized carbons (Fsp3) is 0.737. The van der Waals surface area contributed by atoms with Crippen molar-refractivity contribution in [1.29, 1.82) is 0 Å². The maximum atomic E-state index is 12.6. The van der Waals surface area contributed by atoms with E-state index in [4.69, 9.17) is 0 Å². The molecule has 26 heavy (non-hydrogen) atoms. The third-order valence-corrected chi connectivity index (χ3v) is 5.86. The lowest BCUT2D eigenvalue weighted by Crippen LogP contribution is -2.45. The van der Waals surface area contributed by atoms with Gasteiger partial charge < -0.3 is 15.5 Å². The number of guanidine groups is 1. The molecule has 1 aromatic heterocycles. The molecule has 1 aromatic rings. The third kappa shape index (κ3) is 4.02. The van der Waals surface area contributed by atoms with E-state index < -0.39 is 0 Å². The number of aliphatic imine (C=N–C) groups is 1. The number of nitrogens with one attached hydrogen (secondary N) is 2. The fourth-order valence-electron chi connectivity index (χ4n) is 4.14. The van der Waals surface area contributed by atoms with Crippen molar-refractivity contribution in [2.75, 3.05) is 20.1 Å². The maximum absolute atomic E-state index is 12.6. The molecule has 2 fully saturated rings. The van der Waals surface area contributed by atoms with Crippen LogP contribution in [-0.4, -0.2) is 52.7 Å². The smallest absolute Gasteiger partial charge is 0.225 e. The molecule has 1 saturated heterocycles. The Bertz CT molecular complexity index is 674.